The minimum absolute atomic E-state index is 0.650. The molecule has 0 fully saturated rings. The summed E-state index contributed by atoms with van der Waals surface area (Å²) < 4.78 is 5.01. The van der Waals surface area contributed by atoms with Gasteiger partial charge in [0.1, 0.15) is 6.26 Å². The van der Waals surface area contributed by atoms with Gasteiger partial charge in [-0.1, -0.05) is 0 Å². The van der Waals surface area contributed by atoms with Crippen LogP contribution in [0.15, 0.2) is 10.7 Å². The maximum Gasteiger partial charge on any atom is 0.191 e. The Bertz CT molecular complexity index is 209. The fourth-order valence-electron chi connectivity index (χ4n) is 0.808. The van der Waals surface area contributed by atoms with Crippen molar-refractivity contribution in [3.05, 3.63) is 17.8 Å². The van der Waals surface area contributed by atoms with E-state index >= 15 is 0 Å². The number of nitrogens with zero attached hydrogens (tertiary/aromatic N) is 1. The molecule has 4 nitrogen and oxygen atoms in total. The molecule has 0 amide bonds. The topological polar surface area (TPSA) is 64.1 Å². The van der Waals surface area contributed by atoms with Gasteiger partial charge in [-0.05, 0) is 0 Å². The highest BCUT2D eigenvalue weighted by atomic mass is 16.3. The van der Waals surface area contributed by atoms with Gasteiger partial charge in [0.25, 0.3) is 0 Å². The van der Waals surface area contributed by atoms with Gasteiger partial charge in [-0.15, -0.1) is 0 Å². The van der Waals surface area contributed by atoms with E-state index in [0.717, 1.165) is 18.8 Å². The van der Waals surface area contributed by atoms with Gasteiger partial charge in [0.2, 0.25) is 0 Å². The van der Waals surface area contributed by atoms with E-state index in [1.807, 2.05) is 6.92 Å². The summed E-state index contributed by atoms with van der Waals surface area (Å²) in [4.78, 5) is 4.11. The van der Waals surface area contributed by atoms with Crippen molar-refractivity contribution < 1.29 is 4.42 Å². The molecule has 0 atom stereocenters. The molecule has 0 bridgehead atoms. The van der Waals surface area contributed by atoms with Gasteiger partial charge < -0.3 is 15.5 Å². The monoisotopic (exact) mass is 155 g/mol. The van der Waals surface area contributed by atoms with Crippen molar-refractivity contribution in [2.75, 3.05) is 13.1 Å². The highest BCUT2D eigenvalue weighted by Gasteiger charge is 1.96. The molecule has 0 unspecified atom stereocenters. The molecule has 0 aliphatic heterocycles. The lowest BCUT2D eigenvalue weighted by atomic mass is 10.4. The second kappa shape index (κ2) is 4.10. The van der Waals surface area contributed by atoms with E-state index in [1.54, 1.807) is 6.26 Å². The first-order valence-electron chi connectivity index (χ1n) is 3.64. The first-order chi connectivity index (χ1) is 5.33. The van der Waals surface area contributed by atoms with Crippen LogP contribution in [0.3, 0.4) is 0 Å². The van der Waals surface area contributed by atoms with Crippen LogP contribution in [0.2, 0.25) is 0 Å². The van der Waals surface area contributed by atoms with E-state index in [-0.39, 0.29) is 0 Å². The van der Waals surface area contributed by atoms with Crippen LogP contribution in [0.1, 0.15) is 11.6 Å². The highest BCUT2D eigenvalue weighted by Crippen LogP contribution is 1.98. The Kier molecular flexibility index (Phi) is 3.07. The van der Waals surface area contributed by atoms with Crippen molar-refractivity contribution in [1.82, 2.24) is 10.3 Å². The van der Waals surface area contributed by atoms with Crippen LogP contribution in [0.25, 0.3) is 0 Å². The van der Waals surface area contributed by atoms with Crippen molar-refractivity contribution in [2.24, 2.45) is 5.73 Å². The van der Waals surface area contributed by atoms with Crippen molar-refractivity contribution in [2.45, 2.75) is 13.5 Å². The summed E-state index contributed by atoms with van der Waals surface area (Å²) in [6.07, 6.45) is 1.65. The van der Waals surface area contributed by atoms with Crippen LogP contribution in [0.4, 0.5) is 0 Å². The first kappa shape index (κ1) is 8.23. The number of hydrogen-bond acceptors (Lipinski definition) is 4. The van der Waals surface area contributed by atoms with Crippen LogP contribution in [-0.4, -0.2) is 18.1 Å². The minimum Gasteiger partial charge on any atom is -0.449 e. The number of rotatable bonds is 4. The zero-order valence-electron chi connectivity index (χ0n) is 6.63. The van der Waals surface area contributed by atoms with Crippen molar-refractivity contribution in [1.29, 1.82) is 0 Å². The Morgan fingerprint density at radius 3 is 3.09 bits per heavy atom. The largest absolute Gasteiger partial charge is 0.449 e. The Hall–Kier alpha value is -0.870. The van der Waals surface area contributed by atoms with Crippen molar-refractivity contribution >= 4 is 0 Å². The molecule has 11 heavy (non-hydrogen) atoms. The van der Waals surface area contributed by atoms with Crippen LogP contribution in [0.5, 0.6) is 0 Å². The van der Waals surface area contributed by atoms with E-state index in [9.17, 15) is 0 Å². The normalized spacial score (nSPS) is 10.4. The Morgan fingerprint density at radius 2 is 2.55 bits per heavy atom. The molecule has 0 saturated heterocycles. The van der Waals surface area contributed by atoms with Gasteiger partial charge in [0, 0.05) is 26.6 Å². The minimum atomic E-state index is 0.650. The van der Waals surface area contributed by atoms with Crippen molar-refractivity contribution in [3.63, 3.8) is 0 Å². The zero-order chi connectivity index (χ0) is 8.10. The van der Waals surface area contributed by atoms with Gasteiger partial charge in [-0.25, -0.2) is 4.98 Å². The third-order valence-electron chi connectivity index (χ3n) is 1.29. The van der Waals surface area contributed by atoms with E-state index in [2.05, 4.69) is 10.3 Å². The van der Waals surface area contributed by atoms with Gasteiger partial charge >= 0.3 is 0 Å². The van der Waals surface area contributed by atoms with Crippen LogP contribution in [0, 0.1) is 6.92 Å². The second-order valence-electron chi connectivity index (χ2n) is 2.32. The molecule has 0 aliphatic rings. The highest BCUT2D eigenvalue weighted by molar-refractivity contribution is 4.94. The van der Waals surface area contributed by atoms with Gasteiger partial charge in [0.05, 0.1) is 5.69 Å². The SMILES string of the molecule is Cc1nc(CNCCN)co1. The molecule has 62 valence electrons. The van der Waals surface area contributed by atoms with E-state index in [4.69, 9.17) is 10.2 Å². The lowest BCUT2D eigenvalue weighted by molar-refractivity contribution is 0.520. The predicted molar refractivity (Wildman–Crippen MR) is 42.0 cm³/mol. The molecular formula is C7H13N3O. The number of nitrogens with two attached hydrogens (primary N) is 1. The number of aromatic nitrogens is 1. The Labute approximate surface area is 65.8 Å². The smallest absolute Gasteiger partial charge is 0.191 e. The molecule has 0 aromatic carbocycles. The maximum atomic E-state index is 5.29. The molecule has 0 radical (unpaired) electrons. The molecular weight excluding hydrogens is 142 g/mol. The second-order valence-corrected chi connectivity index (χ2v) is 2.32. The number of hydrogen-bond donors (Lipinski definition) is 2. The predicted octanol–water partition coefficient (Wildman–Crippen LogP) is 0.0313. The van der Waals surface area contributed by atoms with Gasteiger partial charge in [-0.3, -0.25) is 0 Å². The molecule has 0 aliphatic carbocycles. The standard InChI is InChI=1S/C7H13N3O/c1-6-10-7(5-11-6)4-9-3-2-8/h5,9H,2-4,8H2,1H3. The fourth-order valence-corrected chi connectivity index (χ4v) is 0.808. The molecule has 0 spiro atoms. The van der Waals surface area contributed by atoms with Gasteiger partial charge in [-0.2, -0.15) is 0 Å². The number of aryl methyl sites for hydroxylation is 1. The lowest BCUT2D eigenvalue weighted by Crippen LogP contribution is -2.21. The van der Waals surface area contributed by atoms with E-state index in [1.165, 1.54) is 0 Å². The number of oxazole rings is 1. The van der Waals surface area contributed by atoms with Crippen LogP contribution < -0.4 is 11.1 Å². The summed E-state index contributed by atoms with van der Waals surface area (Å²) in [5.74, 6) is 0.703. The average molecular weight is 155 g/mol. The first-order valence-corrected chi connectivity index (χ1v) is 3.64. The van der Waals surface area contributed by atoms with Crippen LogP contribution >= 0.6 is 0 Å². The van der Waals surface area contributed by atoms with E-state index in [0.29, 0.717) is 12.4 Å². The van der Waals surface area contributed by atoms with Gasteiger partial charge in [0.15, 0.2) is 5.89 Å². The summed E-state index contributed by atoms with van der Waals surface area (Å²) in [6.45, 7) is 4.02. The molecule has 1 aromatic rings. The molecule has 4 heteroatoms. The molecule has 1 heterocycles. The molecule has 1 rings (SSSR count). The summed E-state index contributed by atoms with van der Waals surface area (Å²) in [6, 6.07) is 0. The Balaban J connectivity index is 2.27. The summed E-state index contributed by atoms with van der Waals surface area (Å²) in [7, 11) is 0. The maximum absolute atomic E-state index is 5.29. The fraction of sp³-hybridized carbons (Fsp3) is 0.571. The average Bonchev–Trinajstić information content (AvgIpc) is 2.37. The number of nitrogens with one attached hydrogen (secondary N) is 1. The third kappa shape index (κ3) is 2.69. The molecule has 3 N–H and O–H groups in total. The quantitative estimate of drug-likeness (QED) is 0.602. The molecule has 1 aromatic heterocycles. The zero-order valence-corrected chi connectivity index (χ0v) is 6.63. The van der Waals surface area contributed by atoms with Crippen molar-refractivity contribution in [3.8, 4) is 0 Å². The van der Waals surface area contributed by atoms with E-state index < -0.39 is 0 Å². The summed E-state index contributed by atoms with van der Waals surface area (Å²) >= 11 is 0. The molecule has 0 saturated carbocycles. The Morgan fingerprint density at radius 1 is 1.73 bits per heavy atom. The lowest BCUT2D eigenvalue weighted by Gasteiger charge is -1.96. The third-order valence-corrected chi connectivity index (χ3v) is 1.29. The summed E-state index contributed by atoms with van der Waals surface area (Å²) in [5, 5.41) is 3.12. The van der Waals surface area contributed by atoms with Crippen LogP contribution in [-0.2, 0) is 6.54 Å². The summed E-state index contributed by atoms with van der Waals surface area (Å²) in [5.41, 5.74) is 6.22.